The molecule has 188 valence electrons. The predicted molar refractivity (Wildman–Crippen MR) is 145 cm³/mol. The number of aromatic nitrogens is 4. The van der Waals surface area contributed by atoms with Crippen molar-refractivity contribution in [1.29, 1.82) is 0 Å². The van der Waals surface area contributed by atoms with Crippen LogP contribution >= 0.6 is 11.6 Å². The Kier molecular flexibility index (Phi) is 5.37. The van der Waals surface area contributed by atoms with Gasteiger partial charge in [0.1, 0.15) is 6.33 Å². The Labute approximate surface area is 223 Å². The number of amides is 3. The summed E-state index contributed by atoms with van der Waals surface area (Å²) < 4.78 is 1.74. The number of hydrogen-bond donors (Lipinski definition) is 1. The van der Waals surface area contributed by atoms with Crippen molar-refractivity contribution in [3.63, 3.8) is 0 Å². The maximum absolute atomic E-state index is 13.7. The third-order valence-corrected chi connectivity index (χ3v) is 8.16. The standard InChI is InChI=1S/C29H23ClN6O2/c30-23-7-3-6-21(19-9-11-26-32-16-33-35(26)15-19)27(23)17-8-10-22-24(12-17)34-29(38)36(28(22)37)25-14-31-13-18-4-1-2-5-20(18)25/h1-7,9,11,13-17,22,24H,8,10,12H2,(H,34,38). The second-order valence-electron chi connectivity index (χ2n) is 9.91. The molecular formula is C29H23ClN6O2. The fourth-order valence-corrected chi connectivity index (χ4v) is 6.39. The molecule has 5 aromatic rings. The Balaban J connectivity index is 1.20. The molecule has 1 aliphatic heterocycles. The molecule has 0 bridgehead atoms. The Morgan fingerprint density at radius 1 is 0.974 bits per heavy atom. The van der Waals surface area contributed by atoms with E-state index in [1.165, 1.54) is 11.2 Å². The summed E-state index contributed by atoms with van der Waals surface area (Å²) in [6.45, 7) is 0. The number of carbonyl (C=O) groups excluding carboxylic acids is 2. The number of hydrogen-bond acceptors (Lipinski definition) is 5. The van der Waals surface area contributed by atoms with Crippen LogP contribution in [0.3, 0.4) is 0 Å². The zero-order valence-corrected chi connectivity index (χ0v) is 21.0. The van der Waals surface area contributed by atoms with Crippen molar-refractivity contribution < 1.29 is 9.59 Å². The van der Waals surface area contributed by atoms with Gasteiger partial charge in [-0.25, -0.2) is 19.2 Å². The fraction of sp³-hybridized carbons (Fsp3) is 0.207. The normalized spacial score (nSPS) is 21.5. The third kappa shape index (κ3) is 3.63. The fourth-order valence-electron chi connectivity index (χ4n) is 6.06. The Hall–Kier alpha value is -4.30. The summed E-state index contributed by atoms with van der Waals surface area (Å²) >= 11 is 6.80. The van der Waals surface area contributed by atoms with Crippen LogP contribution in [-0.2, 0) is 4.79 Å². The summed E-state index contributed by atoms with van der Waals surface area (Å²) in [5.74, 6) is -0.392. The lowest BCUT2D eigenvalue weighted by Crippen LogP contribution is -2.61. The minimum absolute atomic E-state index is 0.0882. The average Bonchev–Trinajstić information content (AvgIpc) is 3.41. The molecule has 2 aromatic carbocycles. The molecule has 1 saturated carbocycles. The number of nitrogens with one attached hydrogen (secondary N) is 1. The van der Waals surface area contributed by atoms with Gasteiger partial charge in [0.25, 0.3) is 0 Å². The Bertz CT molecular complexity index is 1730. The van der Waals surface area contributed by atoms with Crippen LogP contribution in [0.15, 0.2) is 79.5 Å². The van der Waals surface area contributed by atoms with Crippen LogP contribution in [0.25, 0.3) is 27.5 Å². The topological polar surface area (TPSA) is 92.5 Å². The van der Waals surface area contributed by atoms with Gasteiger partial charge in [-0.2, -0.15) is 5.10 Å². The number of urea groups is 1. The van der Waals surface area contributed by atoms with Crippen LogP contribution < -0.4 is 10.2 Å². The van der Waals surface area contributed by atoms with Crippen molar-refractivity contribution in [2.45, 2.75) is 31.2 Å². The highest BCUT2D eigenvalue weighted by Crippen LogP contribution is 2.45. The van der Waals surface area contributed by atoms with E-state index in [1.54, 1.807) is 16.9 Å². The monoisotopic (exact) mass is 522 g/mol. The van der Waals surface area contributed by atoms with Crippen LogP contribution in [0.1, 0.15) is 30.7 Å². The van der Waals surface area contributed by atoms with Gasteiger partial charge in [-0.1, -0.05) is 48.0 Å². The molecule has 2 aliphatic rings. The van der Waals surface area contributed by atoms with E-state index in [4.69, 9.17) is 11.6 Å². The summed E-state index contributed by atoms with van der Waals surface area (Å²) in [7, 11) is 0. The van der Waals surface area contributed by atoms with Gasteiger partial charge in [-0.15, -0.1) is 0 Å². The molecule has 1 saturated heterocycles. The van der Waals surface area contributed by atoms with Gasteiger partial charge in [0.15, 0.2) is 5.65 Å². The SMILES string of the molecule is O=C1NC2CC(c3c(Cl)cccc3-c3ccc4ncnn4c3)CCC2C(=O)N1c1cncc2ccccc12. The van der Waals surface area contributed by atoms with E-state index < -0.39 is 6.03 Å². The number of carbonyl (C=O) groups is 2. The molecule has 1 aliphatic carbocycles. The molecule has 8 nitrogen and oxygen atoms in total. The summed E-state index contributed by atoms with van der Waals surface area (Å²) in [5.41, 5.74) is 4.33. The van der Waals surface area contributed by atoms with Crippen LogP contribution in [0, 0.1) is 5.92 Å². The summed E-state index contributed by atoms with van der Waals surface area (Å²) in [5, 5.41) is 9.79. The second kappa shape index (κ2) is 8.92. The number of halogens is 1. The van der Waals surface area contributed by atoms with Crippen molar-refractivity contribution in [2.24, 2.45) is 5.92 Å². The molecule has 0 spiro atoms. The first kappa shape index (κ1) is 22.9. The molecule has 2 fully saturated rings. The molecule has 9 heteroatoms. The van der Waals surface area contributed by atoms with Crippen molar-refractivity contribution in [2.75, 3.05) is 4.90 Å². The van der Waals surface area contributed by atoms with E-state index in [-0.39, 0.29) is 23.8 Å². The van der Waals surface area contributed by atoms with Gasteiger partial charge in [0.05, 0.1) is 17.8 Å². The Morgan fingerprint density at radius 3 is 2.79 bits per heavy atom. The number of anilines is 1. The lowest BCUT2D eigenvalue weighted by molar-refractivity contribution is -0.124. The van der Waals surface area contributed by atoms with Gasteiger partial charge in [-0.05, 0) is 54.5 Å². The molecule has 1 N–H and O–H groups in total. The van der Waals surface area contributed by atoms with Crippen LogP contribution in [0.4, 0.5) is 10.5 Å². The molecule has 4 heterocycles. The van der Waals surface area contributed by atoms with Crippen LogP contribution in [-0.4, -0.2) is 37.6 Å². The highest BCUT2D eigenvalue weighted by Gasteiger charge is 2.46. The maximum atomic E-state index is 13.7. The molecule has 3 amide bonds. The van der Waals surface area contributed by atoms with Gasteiger partial charge in [0.2, 0.25) is 5.91 Å². The highest BCUT2D eigenvalue weighted by molar-refractivity contribution is 6.32. The van der Waals surface area contributed by atoms with Gasteiger partial charge < -0.3 is 5.32 Å². The van der Waals surface area contributed by atoms with E-state index in [0.717, 1.165) is 39.5 Å². The maximum Gasteiger partial charge on any atom is 0.329 e. The molecule has 0 radical (unpaired) electrons. The molecule has 3 atom stereocenters. The smallest absolute Gasteiger partial charge is 0.329 e. The van der Waals surface area contributed by atoms with Gasteiger partial charge in [0, 0.05) is 39.8 Å². The van der Waals surface area contributed by atoms with E-state index >= 15 is 0 Å². The largest absolute Gasteiger partial charge is 0.334 e. The summed E-state index contributed by atoms with van der Waals surface area (Å²) in [6, 6.07) is 16.8. The highest BCUT2D eigenvalue weighted by atomic mass is 35.5. The predicted octanol–water partition coefficient (Wildman–Crippen LogP) is 5.61. The number of rotatable bonds is 3. The zero-order valence-electron chi connectivity index (χ0n) is 20.3. The van der Waals surface area contributed by atoms with Crippen LogP contribution in [0.5, 0.6) is 0 Å². The first-order valence-corrected chi connectivity index (χ1v) is 13.0. The van der Waals surface area contributed by atoms with Gasteiger partial charge in [-0.3, -0.25) is 9.78 Å². The first-order chi connectivity index (χ1) is 18.6. The number of nitrogens with zero attached hydrogens (tertiary/aromatic N) is 5. The molecule has 3 unspecified atom stereocenters. The lowest BCUT2D eigenvalue weighted by Gasteiger charge is -2.43. The molecule has 38 heavy (non-hydrogen) atoms. The van der Waals surface area contributed by atoms with E-state index in [0.29, 0.717) is 23.6 Å². The summed E-state index contributed by atoms with van der Waals surface area (Å²) in [6.07, 6.45) is 8.87. The summed E-state index contributed by atoms with van der Waals surface area (Å²) in [4.78, 5) is 36.8. The van der Waals surface area contributed by atoms with Crippen molar-refractivity contribution in [3.8, 4) is 11.1 Å². The molecule has 7 rings (SSSR count). The average molecular weight is 523 g/mol. The third-order valence-electron chi connectivity index (χ3n) is 7.83. The Morgan fingerprint density at radius 2 is 1.87 bits per heavy atom. The van der Waals surface area contributed by atoms with Crippen molar-refractivity contribution in [1.82, 2.24) is 24.9 Å². The first-order valence-electron chi connectivity index (χ1n) is 12.6. The number of imide groups is 1. The second-order valence-corrected chi connectivity index (χ2v) is 10.3. The number of benzene rings is 2. The zero-order chi connectivity index (χ0) is 25.8. The number of fused-ring (bicyclic) bond motifs is 3. The quantitative estimate of drug-likeness (QED) is 0.332. The van der Waals surface area contributed by atoms with Gasteiger partial charge >= 0.3 is 6.03 Å². The van der Waals surface area contributed by atoms with E-state index in [2.05, 4.69) is 26.4 Å². The molecular weight excluding hydrogens is 500 g/mol. The van der Waals surface area contributed by atoms with Crippen molar-refractivity contribution >= 4 is 45.6 Å². The van der Waals surface area contributed by atoms with Crippen molar-refractivity contribution in [3.05, 3.63) is 90.1 Å². The lowest BCUT2D eigenvalue weighted by atomic mass is 9.73. The minimum atomic E-state index is -0.411. The van der Waals surface area contributed by atoms with E-state index in [9.17, 15) is 9.59 Å². The van der Waals surface area contributed by atoms with E-state index in [1.807, 2.05) is 54.7 Å². The number of pyridine rings is 2. The molecule has 3 aromatic heterocycles. The minimum Gasteiger partial charge on any atom is -0.334 e. The van der Waals surface area contributed by atoms with Crippen LogP contribution in [0.2, 0.25) is 5.02 Å².